The molecule has 0 aliphatic rings. The molecule has 2 nitrogen and oxygen atoms in total. The number of hydrogen-bond acceptors (Lipinski definition) is 2. The quantitative estimate of drug-likeness (QED) is 0.691. The third kappa shape index (κ3) is 2.06. The molecular formula is C11H8F3NO. The van der Waals surface area contributed by atoms with Gasteiger partial charge in [-0.05, 0) is 25.5 Å². The van der Waals surface area contributed by atoms with Gasteiger partial charge >= 0.3 is 6.18 Å². The number of nitrogens with zero attached hydrogens (tertiary/aromatic N) is 1. The van der Waals surface area contributed by atoms with Crippen molar-refractivity contribution in [3.05, 3.63) is 34.4 Å². The van der Waals surface area contributed by atoms with Crippen LogP contribution in [0.15, 0.2) is 12.1 Å². The highest BCUT2D eigenvalue weighted by atomic mass is 19.4. The molecule has 0 aliphatic heterocycles. The maximum Gasteiger partial charge on any atom is 0.417 e. The predicted octanol–water partition coefficient (Wildman–Crippen LogP) is 3.09. The number of benzene rings is 1. The predicted molar refractivity (Wildman–Crippen MR) is 50.9 cm³/mol. The molecule has 0 aliphatic carbocycles. The van der Waals surface area contributed by atoms with Crippen molar-refractivity contribution < 1.29 is 18.0 Å². The van der Waals surface area contributed by atoms with Gasteiger partial charge in [-0.25, -0.2) is 0 Å². The van der Waals surface area contributed by atoms with E-state index in [1.165, 1.54) is 19.1 Å². The molecule has 1 aromatic carbocycles. The number of alkyl halides is 3. The van der Waals surface area contributed by atoms with E-state index in [-0.39, 0.29) is 5.56 Å². The largest absolute Gasteiger partial charge is 0.417 e. The van der Waals surface area contributed by atoms with Crippen LogP contribution in [0, 0.1) is 18.3 Å². The molecule has 1 rings (SSSR count). The maximum atomic E-state index is 12.5. The summed E-state index contributed by atoms with van der Waals surface area (Å²) in [5, 5.41) is 8.73. The smallest absolute Gasteiger partial charge is 0.294 e. The average Bonchev–Trinajstić information content (AvgIpc) is 2.14. The summed E-state index contributed by atoms with van der Waals surface area (Å²) in [5.41, 5.74) is -1.44. The third-order valence-corrected chi connectivity index (χ3v) is 2.18. The van der Waals surface area contributed by atoms with Crippen LogP contribution in [-0.4, -0.2) is 5.78 Å². The van der Waals surface area contributed by atoms with Crippen LogP contribution in [0.4, 0.5) is 13.2 Å². The summed E-state index contributed by atoms with van der Waals surface area (Å²) in [6, 6.07) is 3.47. The minimum absolute atomic E-state index is 0.155. The van der Waals surface area contributed by atoms with E-state index in [1.54, 1.807) is 0 Å². The number of halogens is 3. The first-order valence-corrected chi connectivity index (χ1v) is 4.41. The lowest BCUT2D eigenvalue weighted by molar-refractivity contribution is -0.137. The fraction of sp³-hybridized carbons (Fsp3) is 0.273. The van der Waals surface area contributed by atoms with Gasteiger partial charge in [-0.3, -0.25) is 4.79 Å². The van der Waals surface area contributed by atoms with Crippen LogP contribution in [-0.2, 0) is 6.18 Å². The van der Waals surface area contributed by atoms with Crippen molar-refractivity contribution in [2.75, 3.05) is 0 Å². The molecule has 0 saturated heterocycles. The number of ketones is 1. The van der Waals surface area contributed by atoms with Crippen LogP contribution in [0.1, 0.15) is 34.0 Å². The number of carbonyl (C=O) groups excluding carboxylic acids is 1. The van der Waals surface area contributed by atoms with E-state index in [9.17, 15) is 18.0 Å². The van der Waals surface area contributed by atoms with Gasteiger partial charge in [0.15, 0.2) is 5.78 Å². The monoisotopic (exact) mass is 227 g/mol. The number of nitriles is 1. The second kappa shape index (κ2) is 3.97. The van der Waals surface area contributed by atoms with Gasteiger partial charge in [0, 0.05) is 5.56 Å². The zero-order valence-electron chi connectivity index (χ0n) is 8.64. The highest BCUT2D eigenvalue weighted by Crippen LogP contribution is 2.34. The summed E-state index contributed by atoms with van der Waals surface area (Å²) in [7, 11) is 0. The van der Waals surface area contributed by atoms with Gasteiger partial charge in [0.05, 0.1) is 11.1 Å². The molecule has 0 atom stereocenters. The molecule has 0 amide bonds. The fourth-order valence-electron chi connectivity index (χ4n) is 1.51. The zero-order valence-corrected chi connectivity index (χ0v) is 8.64. The van der Waals surface area contributed by atoms with Crippen LogP contribution < -0.4 is 0 Å². The second-order valence-electron chi connectivity index (χ2n) is 3.35. The van der Waals surface area contributed by atoms with E-state index in [0.29, 0.717) is 5.56 Å². The number of hydrogen-bond donors (Lipinski definition) is 0. The van der Waals surface area contributed by atoms with Gasteiger partial charge in [-0.2, -0.15) is 18.4 Å². The Kier molecular flexibility index (Phi) is 3.04. The van der Waals surface area contributed by atoms with Crippen molar-refractivity contribution in [1.29, 1.82) is 5.26 Å². The highest BCUT2D eigenvalue weighted by Gasteiger charge is 2.35. The summed E-state index contributed by atoms with van der Waals surface area (Å²) < 4.78 is 37.6. The molecule has 0 bridgehead atoms. The number of carbonyl (C=O) groups is 1. The third-order valence-electron chi connectivity index (χ3n) is 2.18. The first-order chi connectivity index (χ1) is 7.29. The molecular weight excluding hydrogens is 219 g/mol. The molecule has 0 unspecified atom stereocenters. The van der Waals surface area contributed by atoms with Crippen LogP contribution >= 0.6 is 0 Å². The van der Waals surface area contributed by atoms with E-state index in [4.69, 9.17) is 5.26 Å². The zero-order chi connectivity index (χ0) is 12.5. The summed E-state index contributed by atoms with van der Waals surface area (Å²) in [6.07, 6.45) is -4.62. The molecule has 0 radical (unpaired) electrons. The Morgan fingerprint density at radius 1 is 1.38 bits per heavy atom. The standard InChI is InChI=1S/C11H8F3NO/c1-6-3-4-9(11(12,13)14)8(5-15)10(6)7(2)16/h3-4H,1-2H3. The minimum atomic E-state index is -4.62. The van der Waals surface area contributed by atoms with E-state index < -0.39 is 23.1 Å². The maximum absolute atomic E-state index is 12.5. The minimum Gasteiger partial charge on any atom is -0.294 e. The van der Waals surface area contributed by atoms with E-state index in [2.05, 4.69) is 0 Å². The van der Waals surface area contributed by atoms with Crippen LogP contribution in [0.25, 0.3) is 0 Å². The van der Waals surface area contributed by atoms with Crippen molar-refractivity contribution in [2.24, 2.45) is 0 Å². The van der Waals surface area contributed by atoms with Crippen molar-refractivity contribution in [3.63, 3.8) is 0 Å². The Labute approximate surface area is 90.3 Å². The Hall–Kier alpha value is -1.83. The molecule has 0 fully saturated rings. The number of Topliss-reactive ketones (excluding diaryl/α,β-unsaturated/α-hetero) is 1. The Morgan fingerprint density at radius 3 is 2.31 bits per heavy atom. The normalized spacial score (nSPS) is 11.0. The second-order valence-corrected chi connectivity index (χ2v) is 3.35. The molecule has 0 N–H and O–H groups in total. The van der Waals surface area contributed by atoms with Gasteiger partial charge < -0.3 is 0 Å². The molecule has 0 spiro atoms. The topological polar surface area (TPSA) is 40.9 Å². The number of rotatable bonds is 1. The lowest BCUT2D eigenvalue weighted by atomic mass is 9.94. The SMILES string of the molecule is CC(=O)c1c(C)ccc(C(F)(F)F)c1C#N. The van der Waals surface area contributed by atoms with Crippen molar-refractivity contribution >= 4 is 5.78 Å². The van der Waals surface area contributed by atoms with Gasteiger partial charge in [-0.1, -0.05) is 6.07 Å². The molecule has 0 saturated carbocycles. The van der Waals surface area contributed by atoms with E-state index in [0.717, 1.165) is 13.0 Å². The fourth-order valence-corrected chi connectivity index (χ4v) is 1.51. The molecule has 1 aromatic rings. The summed E-state index contributed by atoms with van der Waals surface area (Å²) in [5.74, 6) is -0.542. The van der Waals surface area contributed by atoms with E-state index >= 15 is 0 Å². The molecule has 84 valence electrons. The lowest BCUT2D eigenvalue weighted by Gasteiger charge is -2.12. The summed E-state index contributed by atoms with van der Waals surface area (Å²) >= 11 is 0. The van der Waals surface area contributed by atoms with Crippen LogP contribution in [0.3, 0.4) is 0 Å². The highest BCUT2D eigenvalue weighted by molar-refractivity contribution is 5.98. The van der Waals surface area contributed by atoms with Crippen LogP contribution in [0.2, 0.25) is 0 Å². The van der Waals surface area contributed by atoms with Crippen molar-refractivity contribution in [3.8, 4) is 6.07 Å². The first-order valence-electron chi connectivity index (χ1n) is 4.41. The van der Waals surface area contributed by atoms with E-state index in [1.807, 2.05) is 0 Å². The van der Waals surface area contributed by atoms with Gasteiger partial charge in [0.1, 0.15) is 6.07 Å². The van der Waals surface area contributed by atoms with Gasteiger partial charge in [0.25, 0.3) is 0 Å². The van der Waals surface area contributed by atoms with Gasteiger partial charge in [-0.15, -0.1) is 0 Å². The molecule has 5 heteroatoms. The van der Waals surface area contributed by atoms with Crippen molar-refractivity contribution in [2.45, 2.75) is 20.0 Å². The van der Waals surface area contributed by atoms with Crippen LogP contribution in [0.5, 0.6) is 0 Å². The lowest BCUT2D eigenvalue weighted by Crippen LogP contribution is -2.12. The molecule has 0 heterocycles. The molecule has 0 aromatic heterocycles. The summed E-state index contributed by atoms with van der Waals surface area (Å²) in [4.78, 5) is 11.2. The number of aryl methyl sites for hydroxylation is 1. The average molecular weight is 227 g/mol. The summed E-state index contributed by atoms with van der Waals surface area (Å²) in [6.45, 7) is 2.64. The van der Waals surface area contributed by atoms with Gasteiger partial charge in [0.2, 0.25) is 0 Å². The first kappa shape index (κ1) is 12.2. The molecule has 16 heavy (non-hydrogen) atoms. The Balaban J connectivity index is 3.64. The Bertz CT molecular complexity index is 483. The Morgan fingerprint density at radius 2 is 1.94 bits per heavy atom. The van der Waals surface area contributed by atoms with Crippen molar-refractivity contribution in [1.82, 2.24) is 0 Å².